The fourth-order valence-electron chi connectivity index (χ4n) is 1.76. The third-order valence-corrected chi connectivity index (χ3v) is 3.75. The predicted molar refractivity (Wildman–Crippen MR) is 82.3 cm³/mol. The molecule has 0 aliphatic rings. The van der Waals surface area contributed by atoms with Gasteiger partial charge in [0.1, 0.15) is 5.84 Å². The summed E-state index contributed by atoms with van der Waals surface area (Å²) >= 11 is 3.47. The van der Waals surface area contributed by atoms with Crippen LogP contribution in [0.1, 0.15) is 25.8 Å². The molecule has 4 nitrogen and oxygen atoms in total. The van der Waals surface area contributed by atoms with E-state index in [0.717, 1.165) is 24.0 Å². The van der Waals surface area contributed by atoms with Gasteiger partial charge >= 0.3 is 0 Å². The molecule has 0 aromatic heterocycles. The minimum Gasteiger partial charge on any atom is -0.409 e. The predicted octanol–water partition coefficient (Wildman–Crippen LogP) is 3.04. The molecular weight excluding hydrogens is 306 g/mol. The number of oxime groups is 1. The van der Waals surface area contributed by atoms with E-state index in [2.05, 4.69) is 45.2 Å². The smallest absolute Gasteiger partial charge is 0.144 e. The van der Waals surface area contributed by atoms with E-state index in [0.29, 0.717) is 0 Å². The molecule has 0 aliphatic heterocycles. The van der Waals surface area contributed by atoms with Crippen molar-refractivity contribution in [3.8, 4) is 0 Å². The second-order valence-electron chi connectivity index (χ2n) is 5.49. The average molecular weight is 328 g/mol. The van der Waals surface area contributed by atoms with Crippen molar-refractivity contribution >= 4 is 21.8 Å². The van der Waals surface area contributed by atoms with Crippen molar-refractivity contribution < 1.29 is 5.21 Å². The van der Waals surface area contributed by atoms with Gasteiger partial charge in [0.2, 0.25) is 0 Å². The zero-order chi connectivity index (χ0) is 14.5. The Labute approximate surface area is 123 Å². The maximum absolute atomic E-state index is 8.75. The van der Waals surface area contributed by atoms with Crippen LogP contribution in [-0.4, -0.2) is 29.5 Å². The summed E-state index contributed by atoms with van der Waals surface area (Å²) in [7, 11) is 2.07. The van der Waals surface area contributed by atoms with Crippen LogP contribution in [0.4, 0.5) is 0 Å². The number of benzene rings is 1. The topological polar surface area (TPSA) is 61.8 Å². The second kappa shape index (κ2) is 6.91. The monoisotopic (exact) mass is 327 g/mol. The van der Waals surface area contributed by atoms with E-state index in [4.69, 9.17) is 10.9 Å². The quantitative estimate of drug-likeness (QED) is 0.365. The minimum absolute atomic E-state index is 0.281. The standard InChI is InChI=1S/C14H22BrN3O/c1-14(2,13(16)17-19)7-8-18(3)10-11-5-4-6-12(15)9-11/h4-6,9,19H,7-8,10H2,1-3H3,(H2,16,17). The van der Waals surface area contributed by atoms with Gasteiger partial charge in [-0.25, -0.2) is 0 Å². The highest BCUT2D eigenvalue weighted by molar-refractivity contribution is 9.10. The largest absolute Gasteiger partial charge is 0.409 e. The molecule has 0 amide bonds. The summed E-state index contributed by atoms with van der Waals surface area (Å²) in [6.07, 6.45) is 0.841. The number of halogens is 1. The Bertz CT molecular complexity index is 446. The first-order valence-corrected chi connectivity index (χ1v) is 7.05. The summed E-state index contributed by atoms with van der Waals surface area (Å²) in [4.78, 5) is 2.23. The van der Waals surface area contributed by atoms with Crippen LogP contribution in [0.15, 0.2) is 33.9 Å². The van der Waals surface area contributed by atoms with Crippen LogP contribution in [0.2, 0.25) is 0 Å². The molecule has 0 bridgehead atoms. The highest BCUT2D eigenvalue weighted by Gasteiger charge is 2.23. The zero-order valence-electron chi connectivity index (χ0n) is 11.7. The maximum Gasteiger partial charge on any atom is 0.144 e. The van der Waals surface area contributed by atoms with Crippen LogP contribution >= 0.6 is 15.9 Å². The van der Waals surface area contributed by atoms with E-state index in [-0.39, 0.29) is 11.3 Å². The van der Waals surface area contributed by atoms with Gasteiger partial charge in [-0.15, -0.1) is 0 Å². The van der Waals surface area contributed by atoms with Crippen LogP contribution in [0.25, 0.3) is 0 Å². The van der Waals surface area contributed by atoms with Crippen LogP contribution in [0, 0.1) is 5.41 Å². The maximum atomic E-state index is 8.75. The van der Waals surface area contributed by atoms with Gasteiger partial charge in [0.25, 0.3) is 0 Å². The molecule has 0 atom stereocenters. The number of amidine groups is 1. The molecule has 1 aromatic carbocycles. The van der Waals surface area contributed by atoms with E-state index >= 15 is 0 Å². The fraction of sp³-hybridized carbons (Fsp3) is 0.500. The summed E-state index contributed by atoms with van der Waals surface area (Å²) < 4.78 is 1.09. The Kier molecular flexibility index (Phi) is 5.82. The van der Waals surface area contributed by atoms with Crippen LogP contribution in [0.5, 0.6) is 0 Å². The fourth-order valence-corrected chi connectivity index (χ4v) is 2.21. The molecule has 3 N–H and O–H groups in total. The van der Waals surface area contributed by atoms with E-state index in [9.17, 15) is 0 Å². The van der Waals surface area contributed by atoms with Crippen molar-refractivity contribution in [2.24, 2.45) is 16.3 Å². The van der Waals surface area contributed by atoms with Gasteiger partial charge in [0.15, 0.2) is 0 Å². The minimum atomic E-state index is -0.291. The van der Waals surface area contributed by atoms with E-state index in [1.165, 1.54) is 5.56 Å². The van der Waals surface area contributed by atoms with Gasteiger partial charge in [-0.3, -0.25) is 0 Å². The first-order chi connectivity index (χ1) is 8.85. The Hall–Kier alpha value is -1.07. The second-order valence-corrected chi connectivity index (χ2v) is 6.40. The van der Waals surface area contributed by atoms with Crippen molar-refractivity contribution in [2.45, 2.75) is 26.8 Å². The molecule has 0 spiro atoms. The van der Waals surface area contributed by atoms with Gasteiger partial charge in [0, 0.05) is 16.4 Å². The van der Waals surface area contributed by atoms with Gasteiger partial charge in [-0.05, 0) is 37.7 Å². The van der Waals surface area contributed by atoms with Crippen LogP contribution in [-0.2, 0) is 6.54 Å². The van der Waals surface area contributed by atoms with Crippen molar-refractivity contribution in [1.29, 1.82) is 0 Å². The van der Waals surface area contributed by atoms with E-state index < -0.39 is 0 Å². The molecule has 5 heteroatoms. The van der Waals surface area contributed by atoms with Crippen molar-refractivity contribution in [2.75, 3.05) is 13.6 Å². The lowest BCUT2D eigenvalue weighted by molar-refractivity contribution is 0.272. The first-order valence-electron chi connectivity index (χ1n) is 6.26. The Morgan fingerprint density at radius 3 is 2.74 bits per heavy atom. The molecule has 0 aliphatic carbocycles. The molecule has 0 radical (unpaired) electrons. The number of nitrogens with two attached hydrogens (primary N) is 1. The first kappa shape index (κ1) is 16.0. The van der Waals surface area contributed by atoms with E-state index in [1.54, 1.807) is 0 Å². The van der Waals surface area contributed by atoms with Gasteiger partial charge < -0.3 is 15.8 Å². The normalized spacial score (nSPS) is 13.0. The highest BCUT2D eigenvalue weighted by atomic mass is 79.9. The molecule has 0 unspecified atom stereocenters. The van der Waals surface area contributed by atoms with Gasteiger partial charge in [-0.2, -0.15) is 0 Å². The lowest BCUT2D eigenvalue weighted by Crippen LogP contribution is -2.35. The summed E-state index contributed by atoms with van der Waals surface area (Å²) in [5.74, 6) is 0.281. The van der Waals surface area contributed by atoms with Crippen molar-refractivity contribution in [1.82, 2.24) is 4.90 Å². The van der Waals surface area contributed by atoms with E-state index in [1.807, 2.05) is 26.0 Å². The number of rotatable bonds is 6. The molecule has 19 heavy (non-hydrogen) atoms. The molecule has 0 saturated heterocycles. The van der Waals surface area contributed by atoms with Gasteiger partial charge in [0.05, 0.1) is 0 Å². The summed E-state index contributed by atoms with van der Waals surface area (Å²) in [5.41, 5.74) is 6.66. The lowest BCUT2D eigenvalue weighted by atomic mass is 9.88. The zero-order valence-corrected chi connectivity index (χ0v) is 13.3. The summed E-state index contributed by atoms with van der Waals surface area (Å²) in [6.45, 7) is 5.73. The third-order valence-electron chi connectivity index (χ3n) is 3.26. The molecule has 1 rings (SSSR count). The summed E-state index contributed by atoms with van der Waals surface area (Å²) in [6, 6.07) is 8.28. The summed E-state index contributed by atoms with van der Waals surface area (Å²) in [5, 5.41) is 11.8. The Balaban J connectivity index is 2.50. The average Bonchev–Trinajstić information content (AvgIpc) is 2.35. The molecular formula is C14H22BrN3O. The highest BCUT2D eigenvalue weighted by Crippen LogP contribution is 2.21. The number of nitrogens with zero attached hydrogens (tertiary/aromatic N) is 2. The lowest BCUT2D eigenvalue weighted by Gasteiger charge is -2.26. The van der Waals surface area contributed by atoms with Crippen molar-refractivity contribution in [3.63, 3.8) is 0 Å². The molecule has 0 heterocycles. The number of hydrogen-bond donors (Lipinski definition) is 2. The van der Waals surface area contributed by atoms with Crippen molar-refractivity contribution in [3.05, 3.63) is 34.3 Å². The molecule has 1 aromatic rings. The third kappa shape index (κ3) is 5.20. The van der Waals surface area contributed by atoms with Crippen LogP contribution < -0.4 is 5.73 Å². The molecule has 0 fully saturated rings. The number of hydrogen-bond acceptors (Lipinski definition) is 3. The molecule has 0 saturated carbocycles. The Morgan fingerprint density at radius 1 is 1.47 bits per heavy atom. The molecule has 106 valence electrons. The SMILES string of the molecule is CN(CCC(C)(C)C(N)=NO)Cc1cccc(Br)c1. The Morgan fingerprint density at radius 2 is 2.16 bits per heavy atom. The van der Waals surface area contributed by atoms with Gasteiger partial charge in [-0.1, -0.05) is 47.1 Å². The van der Waals surface area contributed by atoms with Crippen LogP contribution in [0.3, 0.4) is 0 Å².